The Bertz CT molecular complexity index is 1080. The molecule has 1 aliphatic heterocycles. The molecule has 1 aromatic heterocycles. The van der Waals surface area contributed by atoms with E-state index in [1.54, 1.807) is 19.1 Å². The maximum Gasteiger partial charge on any atom is 0.345 e. The molecule has 1 aliphatic rings. The second kappa shape index (κ2) is 7.30. The molecule has 10 heteroatoms. The molecule has 1 aromatic carbocycles. The number of nitrogens with zero attached hydrogens (tertiary/aromatic N) is 4. The molecule has 1 amide bonds. The van der Waals surface area contributed by atoms with Gasteiger partial charge in [-0.15, -0.1) is 0 Å². The molecule has 1 saturated heterocycles. The number of H-pyrrole nitrogens is 1. The summed E-state index contributed by atoms with van der Waals surface area (Å²) in [4.78, 5) is 31.5. The third-order valence-corrected chi connectivity index (χ3v) is 6.21. The van der Waals surface area contributed by atoms with Crippen LogP contribution in [0.1, 0.15) is 21.7 Å². The summed E-state index contributed by atoms with van der Waals surface area (Å²) in [6.07, 6.45) is 0. The third kappa shape index (κ3) is 3.74. The Balaban J connectivity index is 1.76. The Morgan fingerprint density at radius 1 is 1.22 bits per heavy atom. The molecule has 1 N–H and O–H groups in total. The highest BCUT2D eigenvalue weighted by Crippen LogP contribution is 2.21. The van der Waals surface area contributed by atoms with Crippen molar-refractivity contribution in [3.8, 4) is 6.07 Å². The van der Waals surface area contributed by atoms with Gasteiger partial charge < -0.3 is 9.88 Å². The van der Waals surface area contributed by atoms with E-state index in [1.807, 2.05) is 6.07 Å². The molecule has 0 spiro atoms. The highest BCUT2D eigenvalue weighted by atomic mass is 32.2. The molecule has 3 rings (SSSR count). The number of sulfonamides is 1. The van der Waals surface area contributed by atoms with Gasteiger partial charge in [0, 0.05) is 31.9 Å². The van der Waals surface area contributed by atoms with Crippen molar-refractivity contribution in [1.82, 2.24) is 19.2 Å². The van der Waals surface area contributed by atoms with Crippen LogP contribution in [0.4, 0.5) is 0 Å². The van der Waals surface area contributed by atoms with Crippen LogP contribution in [0.5, 0.6) is 0 Å². The first kappa shape index (κ1) is 18.8. The fourth-order valence-electron chi connectivity index (χ4n) is 2.91. The first-order valence-electron chi connectivity index (χ1n) is 8.19. The van der Waals surface area contributed by atoms with Gasteiger partial charge in [-0.05, 0) is 25.1 Å². The number of aryl methyl sites for hydroxylation is 1. The van der Waals surface area contributed by atoms with Crippen LogP contribution in [0.15, 0.2) is 40.0 Å². The lowest BCUT2D eigenvalue weighted by molar-refractivity contribution is 0.0691. The number of nitriles is 1. The fourth-order valence-corrected chi connectivity index (χ4v) is 4.47. The Labute approximate surface area is 155 Å². The van der Waals surface area contributed by atoms with Crippen LogP contribution in [0.3, 0.4) is 0 Å². The molecular weight excluding hydrogens is 370 g/mol. The highest BCUT2D eigenvalue weighted by molar-refractivity contribution is 7.89. The summed E-state index contributed by atoms with van der Waals surface area (Å²) in [7, 11) is -3.83. The molecule has 2 aromatic rings. The van der Waals surface area contributed by atoms with Gasteiger partial charge in [0.25, 0.3) is 5.91 Å². The molecule has 0 saturated carbocycles. The zero-order chi connectivity index (χ0) is 19.6. The fraction of sp³-hybridized carbons (Fsp3) is 0.294. The number of piperazine rings is 1. The number of carbonyl (C=O) groups excluding carboxylic acids is 1. The second-order valence-corrected chi connectivity index (χ2v) is 7.97. The van der Waals surface area contributed by atoms with Crippen molar-refractivity contribution in [2.45, 2.75) is 11.8 Å². The molecule has 1 fully saturated rings. The van der Waals surface area contributed by atoms with Gasteiger partial charge in [0.15, 0.2) is 0 Å². The van der Waals surface area contributed by atoms with Gasteiger partial charge in [-0.2, -0.15) is 14.6 Å². The minimum Gasteiger partial charge on any atom is -0.335 e. The molecular formula is C17H17N5O4S. The highest BCUT2D eigenvalue weighted by Gasteiger charge is 2.32. The maximum atomic E-state index is 12.8. The molecule has 27 heavy (non-hydrogen) atoms. The van der Waals surface area contributed by atoms with Crippen LogP contribution in [-0.4, -0.2) is 59.7 Å². The topological polar surface area (TPSA) is 127 Å². The molecule has 2 heterocycles. The number of nitrogens with one attached hydrogen (secondary N) is 1. The largest absolute Gasteiger partial charge is 0.345 e. The predicted octanol–water partition coefficient (Wildman–Crippen LogP) is 0.0967. The van der Waals surface area contributed by atoms with Gasteiger partial charge in [-0.3, -0.25) is 4.79 Å². The van der Waals surface area contributed by atoms with Gasteiger partial charge in [0.2, 0.25) is 10.0 Å². The maximum absolute atomic E-state index is 12.8. The average Bonchev–Trinajstić information content (AvgIpc) is 2.66. The smallest absolute Gasteiger partial charge is 0.335 e. The van der Waals surface area contributed by atoms with E-state index in [1.165, 1.54) is 27.4 Å². The van der Waals surface area contributed by atoms with Crippen LogP contribution in [-0.2, 0) is 10.0 Å². The SMILES string of the molecule is Cc1cc(C(=O)N2CCN(S(=O)(=O)c3ccccc3C#N)CC2)nc(=O)[nH]1. The van der Waals surface area contributed by atoms with Crippen molar-refractivity contribution < 1.29 is 13.2 Å². The molecule has 0 bridgehead atoms. The molecule has 0 atom stereocenters. The zero-order valence-corrected chi connectivity index (χ0v) is 15.4. The van der Waals surface area contributed by atoms with Crippen molar-refractivity contribution in [1.29, 1.82) is 5.26 Å². The summed E-state index contributed by atoms with van der Waals surface area (Å²) in [5.41, 5.74) is 0.0296. The monoisotopic (exact) mass is 387 g/mol. The molecule has 0 aliphatic carbocycles. The summed E-state index contributed by atoms with van der Waals surface area (Å²) in [5, 5.41) is 9.14. The Morgan fingerprint density at radius 2 is 1.89 bits per heavy atom. The third-order valence-electron chi connectivity index (χ3n) is 4.25. The number of hydrogen-bond donors (Lipinski definition) is 1. The number of rotatable bonds is 3. The molecule has 0 radical (unpaired) electrons. The van der Waals surface area contributed by atoms with Crippen molar-refractivity contribution >= 4 is 15.9 Å². The lowest BCUT2D eigenvalue weighted by atomic mass is 10.2. The number of aromatic nitrogens is 2. The van der Waals surface area contributed by atoms with Crippen molar-refractivity contribution in [3.05, 3.63) is 57.8 Å². The molecule has 140 valence electrons. The Kier molecular flexibility index (Phi) is 5.07. The number of benzene rings is 1. The van der Waals surface area contributed by atoms with E-state index in [0.717, 1.165) is 0 Å². The van der Waals surface area contributed by atoms with E-state index in [2.05, 4.69) is 9.97 Å². The quantitative estimate of drug-likeness (QED) is 0.795. The molecule has 9 nitrogen and oxygen atoms in total. The van der Waals surface area contributed by atoms with Gasteiger partial charge in [0.1, 0.15) is 11.8 Å². The van der Waals surface area contributed by atoms with E-state index < -0.39 is 21.6 Å². The minimum atomic E-state index is -3.83. The summed E-state index contributed by atoms with van der Waals surface area (Å²) in [6.45, 7) is 2.17. The van der Waals surface area contributed by atoms with Crippen LogP contribution < -0.4 is 5.69 Å². The Morgan fingerprint density at radius 3 is 2.52 bits per heavy atom. The van der Waals surface area contributed by atoms with E-state index in [9.17, 15) is 18.0 Å². The minimum absolute atomic E-state index is 0.0300. The van der Waals surface area contributed by atoms with Crippen molar-refractivity contribution in [2.24, 2.45) is 0 Å². The van der Waals surface area contributed by atoms with E-state index >= 15 is 0 Å². The van der Waals surface area contributed by atoms with Gasteiger partial charge in [-0.1, -0.05) is 12.1 Å². The second-order valence-electron chi connectivity index (χ2n) is 6.06. The Hall–Kier alpha value is -3.03. The summed E-state index contributed by atoms with van der Waals surface area (Å²) < 4.78 is 26.9. The van der Waals surface area contributed by atoms with E-state index in [0.29, 0.717) is 5.69 Å². The number of carbonyl (C=O) groups is 1. The van der Waals surface area contributed by atoms with Crippen LogP contribution >= 0.6 is 0 Å². The van der Waals surface area contributed by atoms with Gasteiger partial charge in [-0.25, -0.2) is 13.2 Å². The van der Waals surface area contributed by atoms with Crippen molar-refractivity contribution in [2.75, 3.05) is 26.2 Å². The van der Waals surface area contributed by atoms with Crippen LogP contribution in [0.2, 0.25) is 0 Å². The zero-order valence-electron chi connectivity index (χ0n) is 14.5. The van der Waals surface area contributed by atoms with Gasteiger partial charge in [0.05, 0.1) is 10.5 Å². The lowest BCUT2D eigenvalue weighted by Crippen LogP contribution is -2.50. The van der Waals surface area contributed by atoms with Crippen LogP contribution in [0.25, 0.3) is 0 Å². The number of aromatic amines is 1. The first-order chi connectivity index (χ1) is 12.8. The number of amides is 1. The summed E-state index contributed by atoms with van der Waals surface area (Å²) in [6, 6.07) is 9.39. The van der Waals surface area contributed by atoms with E-state index in [-0.39, 0.29) is 42.3 Å². The van der Waals surface area contributed by atoms with Gasteiger partial charge >= 0.3 is 5.69 Å². The first-order valence-corrected chi connectivity index (χ1v) is 9.63. The normalized spacial score (nSPS) is 15.3. The lowest BCUT2D eigenvalue weighted by Gasteiger charge is -2.33. The summed E-state index contributed by atoms with van der Waals surface area (Å²) in [5.74, 6) is -0.418. The van der Waals surface area contributed by atoms with Crippen molar-refractivity contribution in [3.63, 3.8) is 0 Å². The molecule has 0 unspecified atom stereocenters. The van der Waals surface area contributed by atoms with Crippen LogP contribution in [0, 0.1) is 18.3 Å². The average molecular weight is 387 g/mol. The number of hydrogen-bond acceptors (Lipinski definition) is 6. The van der Waals surface area contributed by atoms with E-state index in [4.69, 9.17) is 5.26 Å². The summed E-state index contributed by atoms with van der Waals surface area (Å²) >= 11 is 0. The standard InChI is InChI=1S/C17H17N5O4S/c1-12-10-14(20-17(24)19-12)16(23)21-6-8-22(9-7-21)27(25,26)15-5-3-2-4-13(15)11-18/h2-5,10H,6-9H2,1H3,(H,19,20,24). The predicted molar refractivity (Wildman–Crippen MR) is 95.4 cm³/mol.